The molecular formula is C102H158Cl2O12Si2. The van der Waals surface area contributed by atoms with Crippen LogP contribution in [0.4, 0.5) is 0 Å². The van der Waals surface area contributed by atoms with Crippen LogP contribution in [0.25, 0.3) is 0 Å². The van der Waals surface area contributed by atoms with Crippen molar-refractivity contribution >= 4 is 39.8 Å². The van der Waals surface area contributed by atoms with Crippen molar-refractivity contribution in [2.45, 2.75) is 346 Å². The van der Waals surface area contributed by atoms with E-state index in [2.05, 4.69) is 195 Å². The fourth-order valence-electron chi connectivity index (χ4n) is 17.4. The number of allylic oxidation sites excluding steroid dienone is 14. The highest BCUT2D eigenvalue weighted by Crippen LogP contribution is 2.48. The second-order valence-electron chi connectivity index (χ2n) is 38.2. The summed E-state index contributed by atoms with van der Waals surface area (Å²) in [5.74, 6) is 8.54. The van der Waals surface area contributed by atoms with Crippen LogP contribution >= 0.6 is 23.2 Å². The fourth-order valence-corrected chi connectivity index (χ4v) is 20.4. The van der Waals surface area contributed by atoms with Gasteiger partial charge in [-0.1, -0.05) is 267 Å². The van der Waals surface area contributed by atoms with E-state index >= 15 is 0 Å². The Morgan fingerprint density at radius 1 is 0.449 bits per heavy atom. The van der Waals surface area contributed by atoms with E-state index in [4.69, 9.17) is 60.5 Å². The number of hydrogen-bond acceptors (Lipinski definition) is 12. The zero-order valence-corrected chi connectivity index (χ0v) is 78.8. The number of unbranched alkanes of at least 4 members (excludes halogenated alkanes) is 4. The summed E-state index contributed by atoms with van der Waals surface area (Å²) < 4.78 is 50.3. The quantitative estimate of drug-likeness (QED) is 0.0403. The Bertz CT molecular complexity index is 3580. The SMILES string of the molecule is C=C1CCC/C=C\C[C@@H]2[C@@H](/C=C/[C@@H](O)CCCCC)[C@H](O)C[C@@H]2O1.C=C1CCC/C=C\C[C@@H]2[C@@H](/C=C/[C@@H](O)COc3cccc(Cl)c3)[C@H](O)C[C@@H]2O1.C=C1CCC/C=C\C[C@@H]2[C@@H](/C=C/[C@H](CCCCC)O[Si](C)(C)C(C)(C)C)[C@H](C)C[C@@H]2O1.C=C1CCC/C=C\C[C@@H]2[C@@H](/C=C/[C@H](COc3cccc(Cl)c3)O[Si](C)(C)C(C)(C)C)[C@H](C)C[C@@H]2O1. The monoisotopic (exact) mass is 1700 g/mol. The van der Waals surface area contributed by atoms with Crippen molar-refractivity contribution in [1.82, 2.24) is 0 Å². The number of rotatable bonds is 26. The van der Waals surface area contributed by atoms with Crippen LogP contribution in [0, 0.1) is 59.2 Å². The van der Waals surface area contributed by atoms with Crippen LogP contribution in [0.2, 0.25) is 46.3 Å². The molecule has 0 radical (unpaired) electrons. The van der Waals surface area contributed by atoms with Crippen molar-refractivity contribution in [1.29, 1.82) is 0 Å². The number of aliphatic hydroxyl groups excluding tert-OH is 4. The number of hydrogen-bond donors (Lipinski definition) is 4. The molecule has 4 aliphatic carbocycles. The summed E-state index contributed by atoms with van der Waals surface area (Å²) in [6.07, 6.45) is 62.8. The molecule has 20 atom stereocenters. The minimum Gasteiger partial charge on any atom is -0.495 e. The molecule has 12 nitrogen and oxygen atoms in total. The summed E-state index contributed by atoms with van der Waals surface area (Å²) in [7, 11) is -3.78. The van der Waals surface area contributed by atoms with Crippen molar-refractivity contribution in [3.05, 3.63) is 205 Å². The molecule has 4 saturated carbocycles. The zero-order valence-electron chi connectivity index (χ0n) is 75.3. The van der Waals surface area contributed by atoms with Gasteiger partial charge in [-0.15, -0.1) is 0 Å². The summed E-state index contributed by atoms with van der Waals surface area (Å²) in [5, 5.41) is 43.1. The third kappa shape index (κ3) is 33.9. The van der Waals surface area contributed by atoms with Crippen LogP contribution in [0.5, 0.6) is 11.5 Å². The predicted octanol–water partition coefficient (Wildman–Crippen LogP) is 27.0. The Morgan fingerprint density at radius 3 is 1.17 bits per heavy atom. The average molecular weight is 1700 g/mol. The van der Waals surface area contributed by atoms with Crippen LogP contribution in [0.3, 0.4) is 0 Å². The second kappa shape index (κ2) is 50.6. The van der Waals surface area contributed by atoms with Crippen LogP contribution in [-0.2, 0) is 27.8 Å². The Hall–Kier alpha value is -5.11. The third-order valence-corrected chi connectivity index (χ3v) is 35.9. The maximum atomic E-state index is 10.6. The molecule has 4 N–H and O–H groups in total. The van der Waals surface area contributed by atoms with Crippen LogP contribution in [0.15, 0.2) is 195 Å². The predicted molar refractivity (Wildman–Crippen MR) is 498 cm³/mol. The Kier molecular flexibility index (Phi) is 42.9. The van der Waals surface area contributed by atoms with E-state index in [1.54, 1.807) is 30.3 Å². The number of halogens is 2. The van der Waals surface area contributed by atoms with E-state index in [0.29, 0.717) is 76.9 Å². The lowest BCUT2D eigenvalue weighted by Gasteiger charge is -2.39. The van der Waals surface area contributed by atoms with Crippen molar-refractivity contribution in [3.63, 3.8) is 0 Å². The van der Waals surface area contributed by atoms with Gasteiger partial charge in [0.25, 0.3) is 0 Å². The topological polar surface area (TPSA) is 155 Å². The fraction of sp³-hybridized carbons (Fsp3) is 0.647. The normalized spacial score (nSPS) is 30.3. The Balaban J connectivity index is 0.000000219. The molecule has 4 heterocycles. The van der Waals surface area contributed by atoms with Gasteiger partial charge in [0.05, 0.1) is 53.6 Å². The van der Waals surface area contributed by atoms with Gasteiger partial charge < -0.3 is 57.7 Å². The highest BCUT2D eigenvalue weighted by atomic mass is 35.5. The van der Waals surface area contributed by atoms with Gasteiger partial charge in [0.1, 0.15) is 55.2 Å². The van der Waals surface area contributed by atoms with Crippen LogP contribution < -0.4 is 9.47 Å². The highest BCUT2D eigenvalue weighted by molar-refractivity contribution is 6.74. The first-order valence-electron chi connectivity index (χ1n) is 45.7. The van der Waals surface area contributed by atoms with E-state index < -0.39 is 41.1 Å². The molecular weight excluding hydrogens is 1540 g/mol. The number of aliphatic hydroxyl groups is 4. The van der Waals surface area contributed by atoms with Crippen LogP contribution in [-0.4, -0.2) is 111 Å². The molecule has 660 valence electrons. The van der Waals surface area contributed by atoms with Gasteiger partial charge in [0.15, 0.2) is 16.6 Å². The van der Waals surface area contributed by atoms with E-state index in [-0.39, 0.29) is 70.9 Å². The molecule has 2 aromatic carbocycles. The molecule has 0 saturated heterocycles. The zero-order chi connectivity index (χ0) is 86.0. The summed E-state index contributed by atoms with van der Waals surface area (Å²) in [5.41, 5.74) is 0. The Labute approximate surface area is 728 Å². The molecule has 4 fully saturated rings. The van der Waals surface area contributed by atoms with E-state index in [9.17, 15) is 20.4 Å². The van der Waals surface area contributed by atoms with E-state index in [0.717, 1.165) is 176 Å². The number of benzene rings is 2. The van der Waals surface area contributed by atoms with E-state index in [1.807, 2.05) is 42.5 Å². The van der Waals surface area contributed by atoms with Gasteiger partial charge >= 0.3 is 0 Å². The van der Waals surface area contributed by atoms with Gasteiger partial charge in [-0.3, -0.25) is 0 Å². The second-order valence-corrected chi connectivity index (χ2v) is 48.6. The summed E-state index contributed by atoms with van der Waals surface area (Å²) >= 11 is 12.1. The van der Waals surface area contributed by atoms with Gasteiger partial charge in [-0.05, 0) is 199 Å². The summed E-state index contributed by atoms with van der Waals surface area (Å²) in [6, 6.07) is 14.7. The molecule has 0 amide bonds. The van der Waals surface area contributed by atoms with Crippen molar-refractivity contribution < 1.29 is 57.7 Å². The molecule has 0 bridgehead atoms. The third-order valence-electron chi connectivity index (χ3n) is 26.5. The molecule has 0 unspecified atom stereocenters. The Morgan fingerprint density at radius 2 is 0.788 bits per heavy atom. The first-order chi connectivity index (χ1) is 56.1. The summed E-state index contributed by atoms with van der Waals surface area (Å²) in [4.78, 5) is 0. The molecule has 10 rings (SSSR count). The molecule has 2 aromatic rings. The van der Waals surface area contributed by atoms with E-state index in [1.165, 1.54) is 19.3 Å². The standard InChI is InChI=1S/C30H45ClO3Si.C28H50O2Si.C23H29ClO4.C21H34O3/c1-22-19-29-28(16-11-9-8-10-13-23(2)33-29)27(22)18-17-26(34-35(6,7)30(3,4)5)21-32-25-15-12-14-24(31)20-25;1-9-10-13-17-24(30-31(7,8)28(4,5)6)19-20-25-22(2)21-27-26(25)18-15-12-11-14-16-23(3)29-27;1-16-7-4-2-3-5-10-21-20(22(26)14-23(21)28-16)12-11-18(25)15-27-19-9-6-8-17(24)13-19;1-3-4-7-11-17(22)13-14-18-19-12-9-6-5-8-10-16(2)24-21(19)15-20(18)23/h9,11-12,14-15,17-18,20,22,26-29H,2,8,10,13,16,19,21H2,1,3-7H3;12,15,19-20,22,24-27H,3,9-11,13-14,16-18,21H2,1-2,4-8H3;3,5-6,8-9,11-13,18,20-23,25-26H,1-2,4,7,10,14-15H2;6,9,13-14,17-23H,2-5,7-8,10-12,15H2,1H3/b11-9-,18-17+;15-12-,20-19+;5-3-,12-11+;9-6-,14-13+/t22-,26-,27+,28-,29+;22-,24+,25+,26-,27+;18-,20-,21-,22-,23+;17-,18+,19+,20+,21-/m1110/s1. The molecule has 118 heavy (non-hydrogen) atoms. The molecule has 0 aromatic heterocycles. The van der Waals surface area contributed by atoms with Crippen molar-refractivity contribution in [3.8, 4) is 11.5 Å². The number of fused-ring (bicyclic) bond motifs is 4. The highest BCUT2D eigenvalue weighted by Gasteiger charge is 2.47. The lowest BCUT2D eigenvalue weighted by molar-refractivity contribution is 0.0695. The van der Waals surface area contributed by atoms with Crippen molar-refractivity contribution in [2.75, 3.05) is 13.2 Å². The van der Waals surface area contributed by atoms with Gasteiger partial charge in [-0.25, -0.2) is 0 Å². The first kappa shape index (κ1) is 100.0. The first-order valence-corrected chi connectivity index (χ1v) is 52.3. The number of ether oxygens (including phenoxy) is 6. The average Bonchev–Trinajstić information content (AvgIpc) is 1.47. The van der Waals surface area contributed by atoms with Crippen molar-refractivity contribution in [2.24, 2.45) is 59.2 Å². The molecule has 8 aliphatic rings. The van der Waals surface area contributed by atoms with Gasteiger partial charge in [0.2, 0.25) is 0 Å². The van der Waals surface area contributed by atoms with Gasteiger partial charge in [0, 0.05) is 84.1 Å². The van der Waals surface area contributed by atoms with Crippen LogP contribution in [0.1, 0.15) is 249 Å². The van der Waals surface area contributed by atoms with Gasteiger partial charge in [-0.2, -0.15) is 0 Å². The maximum Gasteiger partial charge on any atom is 0.193 e. The lowest BCUT2D eigenvalue weighted by Crippen LogP contribution is -2.45. The smallest absolute Gasteiger partial charge is 0.193 e. The molecule has 16 heteroatoms. The maximum absolute atomic E-state index is 10.6. The molecule has 0 spiro atoms. The minimum absolute atomic E-state index is 0.0298. The minimum atomic E-state index is -1.99. The molecule has 4 aliphatic heterocycles. The lowest BCUT2D eigenvalue weighted by atomic mass is 9.86. The summed E-state index contributed by atoms with van der Waals surface area (Å²) in [6.45, 7) is 49.4. The largest absolute Gasteiger partial charge is 0.495 e.